The Kier molecular flexibility index (Phi) is 4.05. The number of hydrogen-bond donors (Lipinski definition) is 2. The van der Waals surface area contributed by atoms with E-state index in [0.717, 1.165) is 11.1 Å². The van der Waals surface area contributed by atoms with Gasteiger partial charge in [-0.3, -0.25) is 14.8 Å². The molecule has 0 saturated heterocycles. The average Bonchev–Trinajstić information content (AvgIpc) is 2.78. The third kappa shape index (κ3) is 2.80. The van der Waals surface area contributed by atoms with Gasteiger partial charge in [-0.05, 0) is 18.1 Å². The second-order valence-corrected chi connectivity index (χ2v) is 4.79. The molecule has 1 amide bonds. The summed E-state index contributed by atoms with van der Waals surface area (Å²) in [5, 5.41) is 0. The lowest BCUT2D eigenvalue weighted by Gasteiger charge is -2.10. The molecule has 20 heavy (non-hydrogen) atoms. The number of benzene rings is 1. The highest BCUT2D eigenvalue weighted by Crippen LogP contribution is 2.16. The quantitative estimate of drug-likeness (QED) is 0.479. The van der Waals surface area contributed by atoms with Crippen LogP contribution in [0.25, 0.3) is 0 Å². The summed E-state index contributed by atoms with van der Waals surface area (Å²) in [7, 11) is 1.72. The van der Waals surface area contributed by atoms with Gasteiger partial charge in [-0.15, -0.1) is 0 Å². The Balaban J connectivity index is 2.14. The smallest absolute Gasteiger partial charge is 0.302 e. The van der Waals surface area contributed by atoms with Gasteiger partial charge < -0.3 is 4.57 Å². The van der Waals surface area contributed by atoms with Crippen molar-refractivity contribution in [3.63, 3.8) is 0 Å². The molecular weight excluding hydrogens is 256 g/mol. The predicted molar refractivity (Wildman–Crippen MR) is 76.0 cm³/mol. The van der Waals surface area contributed by atoms with Crippen molar-refractivity contribution in [1.82, 2.24) is 14.6 Å². The standard InChI is InChI=1S/C14H18N4O2/c1-10(13(19)16-15)12-5-3-11(4-6-12)9-18-8-7-17(2)14(18)20/h3-8,10H,9,15H2,1-2H3,(H,16,19). The first-order valence-electron chi connectivity index (χ1n) is 6.34. The van der Waals surface area contributed by atoms with Gasteiger partial charge in [-0.1, -0.05) is 24.3 Å². The number of imidazole rings is 1. The number of rotatable bonds is 4. The summed E-state index contributed by atoms with van der Waals surface area (Å²) in [5.41, 5.74) is 3.98. The van der Waals surface area contributed by atoms with Crippen LogP contribution < -0.4 is 17.0 Å². The zero-order valence-corrected chi connectivity index (χ0v) is 11.5. The molecule has 106 valence electrons. The van der Waals surface area contributed by atoms with Gasteiger partial charge >= 0.3 is 5.69 Å². The molecule has 1 aromatic heterocycles. The highest BCUT2D eigenvalue weighted by Gasteiger charge is 2.13. The van der Waals surface area contributed by atoms with E-state index >= 15 is 0 Å². The van der Waals surface area contributed by atoms with E-state index in [0.29, 0.717) is 6.54 Å². The Morgan fingerprint density at radius 2 is 1.95 bits per heavy atom. The van der Waals surface area contributed by atoms with E-state index in [4.69, 9.17) is 5.84 Å². The number of hydrazine groups is 1. The maximum atomic E-state index is 11.7. The van der Waals surface area contributed by atoms with Crippen molar-refractivity contribution < 1.29 is 4.79 Å². The third-order valence-corrected chi connectivity index (χ3v) is 3.39. The number of aryl methyl sites for hydroxylation is 1. The van der Waals surface area contributed by atoms with Crippen LogP contribution in [0.15, 0.2) is 41.5 Å². The van der Waals surface area contributed by atoms with Crippen molar-refractivity contribution in [2.75, 3.05) is 0 Å². The van der Waals surface area contributed by atoms with Gasteiger partial charge in [0, 0.05) is 19.4 Å². The zero-order chi connectivity index (χ0) is 14.7. The second kappa shape index (κ2) is 5.75. The lowest BCUT2D eigenvalue weighted by atomic mass is 9.99. The number of carbonyl (C=O) groups excluding carboxylic acids is 1. The average molecular weight is 274 g/mol. The fraction of sp³-hybridized carbons (Fsp3) is 0.286. The van der Waals surface area contributed by atoms with Crippen molar-refractivity contribution in [3.05, 3.63) is 58.3 Å². The van der Waals surface area contributed by atoms with Crippen LogP contribution in [0.5, 0.6) is 0 Å². The second-order valence-electron chi connectivity index (χ2n) is 4.79. The molecule has 0 spiro atoms. The maximum absolute atomic E-state index is 11.7. The molecule has 1 unspecified atom stereocenters. The minimum atomic E-state index is -0.298. The molecule has 1 heterocycles. The van der Waals surface area contributed by atoms with Crippen molar-refractivity contribution in [1.29, 1.82) is 0 Å². The topological polar surface area (TPSA) is 82.1 Å². The van der Waals surface area contributed by atoms with Crippen molar-refractivity contribution in [3.8, 4) is 0 Å². The number of hydrogen-bond acceptors (Lipinski definition) is 3. The van der Waals surface area contributed by atoms with E-state index in [1.54, 1.807) is 30.9 Å². The molecule has 0 aliphatic heterocycles. The minimum absolute atomic E-state index is 0.0510. The molecule has 2 rings (SSSR count). The summed E-state index contributed by atoms with van der Waals surface area (Å²) in [5.74, 6) is 4.60. The normalized spacial score (nSPS) is 12.2. The van der Waals surface area contributed by atoms with Crippen LogP contribution in [0.2, 0.25) is 0 Å². The molecule has 6 nitrogen and oxygen atoms in total. The van der Waals surface area contributed by atoms with Crippen LogP contribution in [-0.2, 0) is 18.4 Å². The Bertz CT molecular complexity index is 655. The maximum Gasteiger partial charge on any atom is 0.328 e. The molecule has 2 aromatic rings. The summed E-state index contributed by atoms with van der Waals surface area (Å²) in [4.78, 5) is 23.2. The fourth-order valence-electron chi connectivity index (χ4n) is 2.02. The largest absolute Gasteiger partial charge is 0.328 e. The summed E-state index contributed by atoms with van der Waals surface area (Å²) in [6.45, 7) is 2.30. The van der Waals surface area contributed by atoms with E-state index in [1.165, 1.54) is 4.57 Å². The number of nitrogens with two attached hydrogens (primary N) is 1. The molecule has 0 aliphatic rings. The molecule has 1 aromatic carbocycles. The van der Waals surface area contributed by atoms with Crippen LogP contribution in [-0.4, -0.2) is 15.0 Å². The van der Waals surface area contributed by atoms with Crippen molar-refractivity contribution in [2.24, 2.45) is 12.9 Å². The minimum Gasteiger partial charge on any atom is -0.302 e. The Hall–Kier alpha value is -2.34. The Labute approximate surface area is 116 Å². The van der Waals surface area contributed by atoms with Crippen LogP contribution >= 0.6 is 0 Å². The molecule has 0 saturated carbocycles. The number of nitrogens with zero attached hydrogens (tertiary/aromatic N) is 2. The van der Waals surface area contributed by atoms with E-state index < -0.39 is 0 Å². The van der Waals surface area contributed by atoms with E-state index in [1.807, 2.05) is 24.3 Å². The number of amides is 1. The van der Waals surface area contributed by atoms with Crippen LogP contribution in [0.3, 0.4) is 0 Å². The monoisotopic (exact) mass is 274 g/mol. The molecule has 0 bridgehead atoms. The van der Waals surface area contributed by atoms with E-state index in [9.17, 15) is 9.59 Å². The Morgan fingerprint density at radius 1 is 1.30 bits per heavy atom. The van der Waals surface area contributed by atoms with E-state index in [-0.39, 0.29) is 17.5 Å². The van der Waals surface area contributed by atoms with Crippen molar-refractivity contribution in [2.45, 2.75) is 19.4 Å². The molecule has 0 fully saturated rings. The molecule has 6 heteroatoms. The lowest BCUT2D eigenvalue weighted by molar-refractivity contribution is -0.122. The predicted octanol–water partition coefficient (Wildman–Crippen LogP) is 0.328. The highest BCUT2D eigenvalue weighted by atomic mass is 16.2. The Morgan fingerprint density at radius 3 is 2.45 bits per heavy atom. The number of nitrogens with one attached hydrogen (secondary N) is 1. The molecule has 3 N–H and O–H groups in total. The van der Waals surface area contributed by atoms with Gasteiger partial charge in [0.2, 0.25) is 5.91 Å². The van der Waals surface area contributed by atoms with Gasteiger partial charge in [0.15, 0.2) is 0 Å². The van der Waals surface area contributed by atoms with Gasteiger partial charge in [0.25, 0.3) is 0 Å². The summed E-state index contributed by atoms with van der Waals surface area (Å²) in [6, 6.07) is 7.58. The van der Waals surface area contributed by atoms with E-state index in [2.05, 4.69) is 5.43 Å². The van der Waals surface area contributed by atoms with Gasteiger partial charge in [0.05, 0.1) is 12.5 Å². The van der Waals surface area contributed by atoms with Gasteiger partial charge in [-0.2, -0.15) is 0 Å². The van der Waals surface area contributed by atoms with Gasteiger partial charge in [0.1, 0.15) is 0 Å². The van der Waals surface area contributed by atoms with Crippen LogP contribution in [0.1, 0.15) is 24.0 Å². The molecular formula is C14H18N4O2. The number of carbonyl (C=O) groups is 1. The zero-order valence-electron chi connectivity index (χ0n) is 11.5. The highest BCUT2D eigenvalue weighted by molar-refractivity contribution is 5.82. The first-order valence-corrected chi connectivity index (χ1v) is 6.34. The first kappa shape index (κ1) is 14.1. The summed E-state index contributed by atoms with van der Waals surface area (Å²) in [6.07, 6.45) is 3.48. The third-order valence-electron chi connectivity index (χ3n) is 3.39. The lowest BCUT2D eigenvalue weighted by Crippen LogP contribution is -2.33. The fourth-order valence-corrected chi connectivity index (χ4v) is 2.02. The first-order chi connectivity index (χ1) is 9.52. The number of aromatic nitrogens is 2. The van der Waals surface area contributed by atoms with Gasteiger partial charge in [-0.25, -0.2) is 10.6 Å². The molecule has 0 aliphatic carbocycles. The molecule has 1 atom stereocenters. The summed E-state index contributed by atoms with van der Waals surface area (Å²) < 4.78 is 3.16. The molecule has 0 radical (unpaired) electrons. The van der Waals surface area contributed by atoms with Crippen LogP contribution in [0.4, 0.5) is 0 Å². The van der Waals surface area contributed by atoms with Crippen LogP contribution in [0, 0.1) is 0 Å². The summed E-state index contributed by atoms with van der Waals surface area (Å²) >= 11 is 0. The van der Waals surface area contributed by atoms with Crippen molar-refractivity contribution >= 4 is 5.91 Å². The SMILES string of the molecule is CC(C(=O)NN)c1ccc(Cn2ccn(C)c2=O)cc1.